The Balaban J connectivity index is 1.56. The van der Waals surface area contributed by atoms with Gasteiger partial charge in [-0.05, 0) is 49.4 Å². The summed E-state index contributed by atoms with van der Waals surface area (Å²) in [4.78, 5) is 26.0. The molecule has 2 amide bonds. The lowest BCUT2D eigenvalue weighted by atomic mass is 9.87. The van der Waals surface area contributed by atoms with E-state index in [1.54, 1.807) is 36.4 Å². The molecule has 2 atom stereocenters. The van der Waals surface area contributed by atoms with Crippen LogP contribution in [-0.4, -0.2) is 34.1 Å². The summed E-state index contributed by atoms with van der Waals surface area (Å²) in [6.07, 6.45) is 1.26. The number of nitrogens with one attached hydrogen (secondary N) is 1. The molecule has 2 saturated heterocycles. The number of carbonyl (C=O) groups is 2. The van der Waals surface area contributed by atoms with Crippen LogP contribution >= 0.6 is 0 Å². The third-order valence-corrected chi connectivity index (χ3v) is 5.88. The fraction of sp³-hybridized carbons (Fsp3) is 0.364. The topological polar surface area (TPSA) is 78.9 Å². The molecular weight excluding hydrogens is 375 g/mol. The molecule has 2 N–H and O–H groups in total. The number of benzene rings is 2. The largest absolute Gasteiger partial charge is 0.489 e. The molecule has 0 saturated carbocycles. The fourth-order valence-electron chi connectivity index (χ4n) is 4.47. The Labute approximate surface area is 168 Å². The Morgan fingerprint density at radius 3 is 2.83 bits per heavy atom. The van der Waals surface area contributed by atoms with Crippen LogP contribution in [0.25, 0.3) is 0 Å². The highest BCUT2D eigenvalue weighted by molar-refractivity contribution is 5.91. The highest BCUT2D eigenvalue weighted by Crippen LogP contribution is 2.46. The van der Waals surface area contributed by atoms with Crippen LogP contribution < -0.4 is 10.1 Å². The number of ether oxygens (including phenoxy) is 1. The second kappa shape index (κ2) is 7.73. The summed E-state index contributed by atoms with van der Waals surface area (Å²) in [5.74, 6) is -0.00695. The predicted octanol–water partition coefficient (Wildman–Crippen LogP) is 3.87. The summed E-state index contributed by atoms with van der Waals surface area (Å²) in [7, 11) is 0. The molecule has 2 aromatic carbocycles. The van der Waals surface area contributed by atoms with Crippen molar-refractivity contribution in [3.05, 3.63) is 65.5 Å². The molecule has 2 aromatic rings. The van der Waals surface area contributed by atoms with Crippen molar-refractivity contribution in [3.8, 4) is 5.75 Å². The third-order valence-electron chi connectivity index (χ3n) is 5.88. The van der Waals surface area contributed by atoms with Crippen LogP contribution in [0, 0.1) is 5.82 Å². The zero-order chi connectivity index (χ0) is 20.4. The van der Waals surface area contributed by atoms with Crippen LogP contribution in [0.4, 0.5) is 9.18 Å². The van der Waals surface area contributed by atoms with Gasteiger partial charge in [0.1, 0.15) is 23.7 Å². The standard InChI is InChI=1S/C22H23FN2O4/c23-18-8-2-1-5-16(18)14-29-17-7-3-6-15(13-17)19-9-11-22(25(19)21(27)28)10-4-12-24-20(22)26/h1-3,5-8,13,19H,4,9-12,14H2,(H,24,26)(H,27,28)/t19-,22+/m1/s1. The highest BCUT2D eigenvalue weighted by Gasteiger charge is 2.55. The van der Waals surface area contributed by atoms with Gasteiger partial charge in [0.25, 0.3) is 0 Å². The van der Waals surface area contributed by atoms with Crippen molar-refractivity contribution in [2.45, 2.75) is 43.9 Å². The molecular formula is C22H23FN2O4. The molecule has 0 aromatic heterocycles. The van der Waals surface area contributed by atoms with E-state index in [2.05, 4.69) is 5.32 Å². The molecule has 0 bridgehead atoms. The summed E-state index contributed by atoms with van der Waals surface area (Å²) in [6.45, 7) is 0.661. The molecule has 1 spiro atoms. The van der Waals surface area contributed by atoms with Gasteiger partial charge in [0, 0.05) is 12.1 Å². The van der Waals surface area contributed by atoms with E-state index in [9.17, 15) is 19.1 Å². The van der Waals surface area contributed by atoms with Crippen LogP contribution in [0.2, 0.25) is 0 Å². The van der Waals surface area contributed by atoms with Gasteiger partial charge in [0.2, 0.25) is 5.91 Å². The van der Waals surface area contributed by atoms with Gasteiger partial charge < -0.3 is 15.2 Å². The van der Waals surface area contributed by atoms with Gasteiger partial charge in [-0.3, -0.25) is 9.69 Å². The number of likely N-dealkylation sites (tertiary alicyclic amines) is 1. The fourth-order valence-corrected chi connectivity index (χ4v) is 4.47. The minimum absolute atomic E-state index is 0.0791. The van der Waals surface area contributed by atoms with E-state index in [4.69, 9.17) is 4.74 Å². The third kappa shape index (κ3) is 3.52. The predicted molar refractivity (Wildman–Crippen MR) is 104 cm³/mol. The molecule has 6 nitrogen and oxygen atoms in total. The van der Waals surface area contributed by atoms with Crippen LogP contribution in [0.3, 0.4) is 0 Å². The second-order valence-electron chi connectivity index (χ2n) is 7.55. The van der Waals surface area contributed by atoms with Crippen molar-refractivity contribution < 1.29 is 23.8 Å². The maximum atomic E-state index is 13.8. The maximum Gasteiger partial charge on any atom is 0.408 e. The Morgan fingerprint density at radius 2 is 2.07 bits per heavy atom. The molecule has 2 aliphatic heterocycles. The molecule has 0 radical (unpaired) electrons. The van der Waals surface area contributed by atoms with Gasteiger partial charge in [0.05, 0.1) is 6.04 Å². The van der Waals surface area contributed by atoms with Gasteiger partial charge in [-0.1, -0.05) is 30.3 Å². The molecule has 4 rings (SSSR count). The smallest absolute Gasteiger partial charge is 0.408 e. The normalized spacial score (nSPS) is 23.8. The first kappa shape index (κ1) is 19.2. The van der Waals surface area contributed by atoms with E-state index in [-0.39, 0.29) is 18.3 Å². The lowest BCUT2D eigenvalue weighted by Gasteiger charge is -2.40. The average molecular weight is 398 g/mol. The molecule has 2 fully saturated rings. The van der Waals surface area contributed by atoms with Gasteiger partial charge in [-0.25, -0.2) is 9.18 Å². The van der Waals surface area contributed by atoms with Gasteiger partial charge in [-0.15, -0.1) is 0 Å². The van der Waals surface area contributed by atoms with E-state index in [1.807, 2.05) is 6.07 Å². The molecule has 29 heavy (non-hydrogen) atoms. The number of hydrogen-bond acceptors (Lipinski definition) is 3. The molecule has 0 aliphatic carbocycles. The number of piperidine rings is 1. The maximum absolute atomic E-state index is 13.8. The second-order valence-corrected chi connectivity index (χ2v) is 7.55. The Kier molecular flexibility index (Phi) is 5.13. The monoisotopic (exact) mass is 398 g/mol. The van der Waals surface area contributed by atoms with E-state index in [1.165, 1.54) is 11.0 Å². The average Bonchev–Trinajstić information content (AvgIpc) is 3.10. The highest BCUT2D eigenvalue weighted by atomic mass is 19.1. The minimum atomic E-state index is -1.10. The number of rotatable bonds is 4. The van der Waals surface area contributed by atoms with Crippen molar-refractivity contribution in [2.24, 2.45) is 0 Å². The number of carbonyl (C=O) groups excluding carboxylic acids is 1. The summed E-state index contributed by atoms with van der Waals surface area (Å²) in [5.41, 5.74) is 0.219. The number of amides is 2. The lowest BCUT2D eigenvalue weighted by molar-refractivity contribution is -0.134. The van der Waals surface area contributed by atoms with Crippen molar-refractivity contribution in [2.75, 3.05) is 6.54 Å². The number of nitrogens with zero attached hydrogens (tertiary/aromatic N) is 1. The Bertz CT molecular complexity index is 935. The SMILES string of the molecule is O=C(O)N1[C@@H](c2cccc(OCc3ccccc3F)c2)CC[C@]12CCCNC2=O. The summed E-state index contributed by atoms with van der Waals surface area (Å²) >= 11 is 0. The summed E-state index contributed by atoms with van der Waals surface area (Å²) < 4.78 is 19.5. The van der Waals surface area contributed by atoms with Crippen molar-refractivity contribution in [1.29, 1.82) is 0 Å². The van der Waals surface area contributed by atoms with Gasteiger partial charge in [-0.2, -0.15) is 0 Å². The molecule has 2 aliphatic rings. The first-order valence-corrected chi connectivity index (χ1v) is 9.78. The number of carboxylic acid groups (broad SMARTS) is 1. The Morgan fingerprint density at radius 1 is 1.24 bits per heavy atom. The quantitative estimate of drug-likeness (QED) is 0.820. The molecule has 7 heteroatoms. The van der Waals surface area contributed by atoms with Crippen molar-refractivity contribution in [1.82, 2.24) is 10.2 Å². The molecule has 0 unspecified atom stereocenters. The van der Waals surface area contributed by atoms with Crippen LogP contribution in [0.5, 0.6) is 5.75 Å². The number of halogens is 1. The first-order valence-electron chi connectivity index (χ1n) is 9.78. The lowest BCUT2D eigenvalue weighted by Crippen LogP contribution is -2.60. The van der Waals surface area contributed by atoms with Crippen LogP contribution in [0.1, 0.15) is 42.9 Å². The van der Waals surface area contributed by atoms with E-state index in [0.29, 0.717) is 37.1 Å². The number of hydrogen-bond donors (Lipinski definition) is 2. The van der Waals surface area contributed by atoms with E-state index in [0.717, 1.165) is 12.0 Å². The summed E-state index contributed by atoms with van der Waals surface area (Å²) in [5, 5.41) is 12.7. The molecule has 152 valence electrons. The zero-order valence-corrected chi connectivity index (χ0v) is 15.9. The van der Waals surface area contributed by atoms with Crippen molar-refractivity contribution >= 4 is 12.0 Å². The minimum Gasteiger partial charge on any atom is -0.489 e. The summed E-state index contributed by atoms with van der Waals surface area (Å²) in [6, 6.07) is 13.2. The van der Waals surface area contributed by atoms with Crippen LogP contribution in [0.15, 0.2) is 48.5 Å². The van der Waals surface area contributed by atoms with E-state index < -0.39 is 17.7 Å². The van der Waals surface area contributed by atoms with E-state index >= 15 is 0 Å². The zero-order valence-electron chi connectivity index (χ0n) is 15.9. The Hall–Kier alpha value is -3.09. The van der Waals surface area contributed by atoms with Crippen LogP contribution in [-0.2, 0) is 11.4 Å². The van der Waals surface area contributed by atoms with Gasteiger partial charge >= 0.3 is 6.09 Å². The first-order chi connectivity index (χ1) is 14.0. The van der Waals surface area contributed by atoms with Gasteiger partial charge in [0.15, 0.2) is 0 Å². The van der Waals surface area contributed by atoms with Crippen molar-refractivity contribution in [3.63, 3.8) is 0 Å². The molecule has 2 heterocycles.